The van der Waals surface area contributed by atoms with E-state index < -0.39 is 4.92 Å². The van der Waals surface area contributed by atoms with Gasteiger partial charge in [-0.15, -0.1) is 0 Å². The van der Waals surface area contributed by atoms with Gasteiger partial charge in [-0.2, -0.15) is 5.26 Å². The summed E-state index contributed by atoms with van der Waals surface area (Å²) in [5.74, 6) is 0.548. The third-order valence-electron chi connectivity index (χ3n) is 3.07. The Morgan fingerprint density at radius 1 is 1.44 bits per heavy atom. The molecule has 5 heteroatoms. The molecule has 0 bridgehead atoms. The molecule has 5 nitrogen and oxygen atoms in total. The van der Waals surface area contributed by atoms with Crippen LogP contribution in [-0.4, -0.2) is 11.5 Å². The quantitative estimate of drug-likeness (QED) is 0.617. The van der Waals surface area contributed by atoms with Gasteiger partial charge in [-0.1, -0.05) is 26.7 Å². The van der Waals surface area contributed by atoms with E-state index in [-0.39, 0.29) is 5.69 Å². The summed E-state index contributed by atoms with van der Waals surface area (Å²) in [7, 11) is 0. The van der Waals surface area contributed by atoms with Gasteiger partial charge in [-0.3, -0.25) is 10.1 Å². The average Bonchev–Trinajstić information content (AvgIpc) is 2.39. The van der Waals surface area contributed by atoms with Crippen LogP contribution in [-0.2, 0) is 0 Å². The number of nitro groups is 1. The highest BCUT2D eigenvalue weighted by Crippen LogP contribution is 2.22. The standard InChI is InChI=1S/C13H17N3O2/c1-3-10(4-2)9-15-13-6-5-12(16(17)18)7-11(13)8-14/h5-7,10,15H,3-4,9H2,1-2H3. The molecule has 0 saturated heterocycles. The highest BCUT2D eigenvalue weighted by Gasteiger charge is 2.11. The molecule has 0 unspecified atom stereocenters. The maximum atomic E-state index is 10.6. The lowest BCUT2D eigenvalue weighted by atomic mass is 10.0. The van der Waals surface area contributed by atoms with Gasteiger partial charge in [0, 0.05) is 18.7 Å². The maximum Gasteiger partial charge on any atom is 0.270 e. The third-order valence-corrected chi connectivity index (χ3v) is 3.07. The molecule has 0 heterocycles. The van der Waals surface area contributed by atoms with Crippen LogP contribution in [0.25, 0.3) is 0 Å². The molecule has 0 spiro atoms. The molecule has 96 valence electrons. The number of nitrogens with zero attached hydrogens (tertiary/aromatic N) is 2. The van der Waals surface area contributed by atoms with Gasteiger partial charge in [0.2, 0.25) is 0 Å². The van der Waals surface area contributed by atoms with Crippen LogP contribution in [0.5, 0.6) is 0 Å². The van der Waals surface area contributed by atoms with E-state index in [1.54, 1.807) is 6.07 Å². The maximum absolute atomic E-state index is 10.6. The second-order valence-corrected chi connectivity index (χ2v) is 4.16. The Bertz CT molecular complexity index is 462. The van der Waals surface area contributed by atoms with Crippen LogP contribution in [0.1, 0.15) is 32.3 Å². The number of anilines is 1. The minimum Gasteiger partial charge on any atom is -0.384 e. The summed E-state index contributed by atoms with van der Waals surface area (Å²) in [6.45, 7) is 5.02. The molecule has 0 aliphatic rings. The van der Waals surface area contributed by atoms with E-state index in [1.165, 1.54) is 12.1 Å². The highest BCUT2D eigenvalue weighted by molar-refractivity contribution is 5.61. The lowest BCUT2D eigenvalue weighted by Crippen LogP contribution is -2.13. The summed E-state index contributed by atoms with van der Waals surface area (Å²) >= 11 is 0. The van der Waals surface area contributed by atoms with Crippen molar-refractivity contribution < 1.29 is 4.92 Å². The second-order valence-electron chi connectivity index (χ2n) is 4.16. The molecule has 0 saturated carbocycles. The Balaban J connectivity index is 2.84. The molecule has 1 N–H and O–H groups in total. The average molecular weight is 247 g/mol. The van der Waals surface area contributed by atoms with Crippen LogP contribution >= 0.6 is 0 Å². The Hall–Kier alpha value is -2.09. The molecule has 18 heavy (non-hydrogen) atoms. The number of rotatable bonds is 6. The second kappa shape index (κ2) is 6.60. The fourth-order valence-corrected chi connectivity index (χ4v) is 1.72. The van der Waals surface area contributed by atoms with Crippen LogP contribution in [0.2, 0.25) is 0 Å². The van der Waals surface area contributed by atoms with Gasteiger partial charge in [-0.05, 0) is 12.0 Å². The largest absolute Gasteiger partial charge is 0.384 e. The summed E-state index contributed by atoms with van der Waals surface area (Å²) in [6.07, 6.45) is 2.14. The molecular weight excluding hydrogens is 230 g/mol. The first-order chi connectivity index (χ1) is 8.62. The van der Waals surface area contributed by atoms with E-state index >= 15 is 0 Å². The van der Waals surface area contributed by atoms with Crippen molar-refractivity contribution >= 4 is 11.4 Å². The highest BCUT2D eigenvalue weighted by atomic mass is 16.6. The van der Waals surface area contributed by atoms with Crippen molar-refractivity contribution in [3.05, 3.63) is 33.9 Å². The van der Waals surface area contributed by atoms with Crippen molar-refractivity contribution in [2.75, 3.05) is 11.9 Å². The molecule has 0 fully saturated rings. The van der Waals surface area contributed by atoms with Crippen molar-refractivity contribution in [1.29, 1.82) is 5.26 Å². The summed E-state index contributed by atoms with van der Waals surface area (Å²) in [6, 6.07) is 6.29. The minimum absolute atomic E-state index is 0.0559. The first-order valence-electron chi connectivity index (χ1n) is 6.04. The number of hydrogen-bond acceptors (Lipinski definition) is 4. The predicted octanol–water partition coefficient (Wildman–Crippen LogP) is 3.31. The van der Waals surface area contributed by atoms with Gasteiger partial charge in [0.1, 0.15) is 6.07 Å². The molecular formula is C13H17N3O2. The van der Waals surface area contributed by atoms with Crippen LogP contribution in [0.4, 0.5) is 11.4 Å². The minimum atomic E-state index is -0.495. The summed E-state index contributed by atoms with van der Waals surface area (Å²) in [4.78, 5) is 10.1. The summed E-state index contributed by atoms with van der Waals surface area (Å²) in [5, 5.41) is 22.8. The molecule has 0 aliphatic heterocycles. The topological polar surface area (TPSA) is 79.0 Å². The monoisotopic (exact) mass is 247 g/mol. The van der Waals surface area contributed by atoms with Crippen molar-refractivity contribution in [3.63, 3.8) is 0 Å². The lowest BCUT2D eigenvalue weighted by molar-refractivity contribution is -0.384. The SMILES string of the molecule is CCC(CC)CNc1ccc([N+](=O)[O-])cc1C#N. The molecule has 0 radical (unpaired) electrons. The normalized spacial score (nSPS) is 10.1. The van der Waals surface area contributed by atoms with Gasteiger partial charge in [0.05, 0.1) is 16.2 Å². The number of nitrogens with one attached hydrogen (secondary N) is 1. The molecule has 1 aromatic rings. The zero-order valence-corrected chi connectivity index (χ0v) is 10.6. The van der Waals surface area contributed by atoms with Gasteiger partial charge >= 0.3 is 0 Å². The first kappa shape index (κ1) is 14.0. The predicted molar refractivity (Wildman–Crippen MR) is 70.4 cm³/mol. The Kier molecular flexibility index (Phi) is 5.12. The van der Waals surface area contributed by atoms with E-state index in [0.29, 0.717) is 17.2 Å². The smallest absolute Gasteiger partial charge is 0.270 e. The van der Waals surface area contributed by atoms with Crippen LogP contribution < -0.4 is 5.32 Å². The summed E-state index contributed by atoms with van der Waals surface area (Å²) < 4.78 is 0. The Morgan fingerprint density at radius 3 is 2.61 bits per heavy atom. The Morgan fingerprint density at radius 2 is 2.11 bits per heavy atom. The number of nitro benzene ring substituents is 1. The molecule has 1 rings (SSSR count). The Labute approximate surface area is 107 Å². The van der Waals surface area contributed by atoms with Gasteiger partial charge in [-0.25, -0.2) is 0 Å². The van der Waals surface area contributed by atoms with Crippen LogP contribution in [0.15, 0.2) is 18.2 Å². The number of hydrogen-bond donors (Lipinski definition) is 1. The van der Waals surface area contributed by atoms with Gasteiger partial charge < -0.3 is 5.32 Å². The number of non-ortho nitro benzene ring substituents is 1. The van der Waals surface area contributed by atoms with Crippen molar-refractivity contribution in [3.8, 4) is 6.07 Å². The van der Waals surface area contributed by atoms with Gasteiger partial charge in [0.15, 0.2) is 0 Å². The van der Waals surface area contributed by atoms with Crippen LogP contribution in [0, 0.1) is 27.4 Å². The molecule has 0 atom stereocenters. The van der Waals surface area contributed by atoms with E-state index in [0.717, 1.165) is 19.4 Å². The van der Waals surface area contributed by atoms with E-state index in [4.69, 9.17) is 5.26 Å². The molecule has 0 amide bonds. The molecule has 1 aromatic carbocycles. The van der Waals surface area contributed by atoms with Crippen molar-refractivity contribution in [2.24, 2.45) is 5.92 Å². The van der Waals surface area contributed by atoms with Crippen molar-refractivity contribution in [1.82, 2.24) is 0 Å². The number of benzene rings is 1. The zero-order valence-electron chi connectivity index (χ0n) is 10.6. The van der Waals surface area contributed by atoms with E-state index in [1.807, 2.05) is 6.07 Å². The molecule has 0 aromatic heterocycles. The fraction of sp³-hybridized carbons (Fsp3) is 0.462. The van der Waals surface area contributed by atoms with E-state index in [9.17, 15) is 10.1 Å². The van der Waals surface area contributed by atoms with Crippen LogP contribution in [0.3, 0.4) is 0 Å². The zero-order chi connectivity index (χ0) is 13.5. The van der Waals surface area contributed by atoms with Gasteiger partial charge in [0.25, 0.3) is 5.69 Å². The lowest BCUT2D eigenvalue weighted by Gasteiger charge is -2.14. The first-order valence-corrected chi connectivity index (χ1v) is 6.04. The fourth-order valence-electron chi connectivity index (χ4n) is 1.72. The summed E-state index contributed by atoms with van der Waals surface area (Å²) in [5.41, 5.74) is 0.921. The molecule has 0 aliphatic carbocycles. The third kappa shape index (κ3) is 3.45. The van der Waals surface area contributed by atoms with E-state index in [2.05, 4.69) is 19.2 Å². The number of nitriles is 1. The van der Waals surface area contributed by atoms with Crippen molar-refractivity contribution in [2.45, 2.75) is 26.7 Å².